The molecule has 2 aliphatic rings. The van der Waals surface area contributed by atoms with E-state index < -0.39 is 0 Å². The highest BCUT2D eigenvalue weighted by atomic mass is 32.2. The number of thioether (sulfide) groups is 1. The summed E-state index contributed by atoms with van der Waals surface area (Å²) in [5, 5.41) is 8.11. The van der Waals surface area contributed by atoms with Crippen LogP contribution in [0.15, 0.2) is 0 Å². The van der Waals surface area contributed by atoms with Gasteiger partial charge >= 0.3 is 0 Å². The van der Waals surface area contributed by atoms with E-state index >= 15 is 0 Å². The largest absolute Gasteiger partial charge is 0.357 e. The van der Waals surface area contributed by atoms with Gasteiger partial charge < -0.3 is 15.4 Å². The molecule has 0 saturated carbocycles. The maximum absolute atomic E-state index is 10.8. The molecule has 2 saturated heterocycles. The molecular formula is C11H18N2OS2. The smallest absolute Gasteiger partial charge is 0.166 e. The number of unbranched alkanes of at least 4 members (excludes halogenated alkanes) is 1. The van der Waals surface area contributed by atoms with Crippen LogP contribution in [0.25, 0.3) is 0 Å². The van der Waals surface area contributed by atoms with Crippen LogP contribution in [0.5, 0.6) is 0 Å². The van der Waals surface area contributed by atoms with Gasteiger partial charge in [0.05, 0.1) is 12.1 Å². The number of hydrogen-bond donors (Lipinski definition) is 2. The summed E-state index contributed by atoms with van der Waals surface area (Å²) in [4.78, 5) is 10.8. The second kappa shape index (κ2) is 5.36. The quantitative estimate of drug-likeness (QED) is 0.577. The van der Waals surface area contributed by atoms with E-state index in [0.717, 1.165) is 30.1 Å². The van der Waals surface area contributed by atoms with E-state index in [4.69, 9.17) is 12.2 Å². The number of rotatable bonds is 5. The van der Waals surface area contributed by atoms with Crippen LogP contribution in [-0.4, -0.2) is 34.0 Å². The number of carbonyl (C=O) groups is 1. The third-order valence-electron chi connectivity index (χ3n) is 3.21. The molecule has 3 atom stereocenters. The Labute approximate surface area is 106 Å². The standard InChI is InChI=1S/C11H18N2OS2/c1-7(14)4-2-3-5-9-10-8(6-16-9)12-11(15)13-10/h8-10H,2-6H2,1H3,(H2,12,13,15)/t8-,9-,10-/m0/s1. The summed E-state index contributed by atoms with van der Waals surface area (Å²) in [5.74, 6) is 1.45. The Hall–Kier alpha value is -0.290. The van der Waals surface area contributed by atoms with Gasteiger partial charge in [-0.25, -0.2) is 0 Å². The molecule has 0 aromatic rings. The minimum absolute atomic E-state index is 0.304. The molecule has 2 N–H and O–H groups in total. The first-order chi connectivity index (χ1) is 7.66. The van der Waals surface area contributed by atoms with Crippen molar-refractivity contribution in [3.63, 3.8) is 0 Å². The van der Waals surface area contributed by atoms with Crippen LogP contribution in [0.2, 0.25) is 0 Å². The number of ketones is 1. The molecule has 0 aliphatic carbocycles. The second-order valence-corrected chi connectivity index (χ2v) is 6.25. The normalized spacial score (nSPS) is 32.1. The molecule has 0 aromatic carbocycles. The summed E-state index contributed by atoms with van der Waals surface area (Å²) < 4.78 is 0. The van der Waals surface area contributed by atoms with Gasteiger partial charge in [0.15, 0.2) is 5.11 Å². The molecule has 0 aromatic heterocycles. The summed E-state index contributed by atoms with van der Waals surface area (Å²) in [6.45, 7) is 1.67. The number of Topliss-reactive ketones (excluding diaryl/α,β-unsaturated/α-hetero) is 1. The van der Waals surface area contributed by atoms with Gasteiger partial charge in [0.1, 0.15) is 5.78 Å². The van der Waals surface area contributed by atoms with Crippen molar-refractivity contribution in [2.24, 2.45) is 0 Å². The lowest BCUT2D eigenvalue weighted by molar-refractivity contribution is -0.117. The van der Waals surface area contributed by atoms with E-state index in [9.17, 15) is 4.79 Å². The lowest BCUT2D eigenvalue weighted by Crippen LogP contribution is -2.36. The highest BCUT2D eigenvalue weighted by molar-refractivity contribution is 8.00. The van der Waals surface area contributed by atoms with Crippen LogP contribution in [0.4, 0.5) is 0 Å². The van der Waals surface area contributed by atoms with Crippen molar-refractivity contribution >= 4 is 34.9 Å². The van der Waals surface area contributed by atoms with E-state index in [1.807, 2.05) is 11.8 Å². The molecule has 16 heavy (non-hydrogen) atoms. The fraction of sp³-hybridized carbons (Fsp3) is 0.818. The average Bonchev–Trinajstić information content (AvgIpc) is 2.72. The summed E-state index contributed by atoms with van der Waals surface area (Å²) in [6, 6.07) is 1.03. The van der Waals surface area contributed by atoms with Crippen LogP contribution >= 0.6 is 24.0 Å². The zero-order valence-electron chi connectivity index (χ0n) is 9.49. The van der Waals surface area contributed by atoms with Crippen LogP contribution in [0.3, 0.4) is 0 Å². The van der Waals surface area contributed by atoms with Gasteiger partial charge in [-0.2, -0.15) is 11.8 Å². The van der Waals surface area contributed by atoms with Crippen LogP contribution in [-0.2, 0) is 4.79 Å². The fourth-order valence-corrected chi connectivity index (χ4v) is 4.19. The average molecular weight is 258 g/mol. The van der Waals surface area contributed by atoms with Crippen LogP contribution in [0, 0.1) is 0 Å². The van der Waals surface area contributed by atoms with Gasteiger partial charge in [-0.05, 0) is 32.0 Å². The fourth-order valence-electron chi connectivity index (χ4n) is 2.36. The molecule has 2 heterocycles. The van der Waals surface area contributed by atoms with Crippen molar-refractivity contribution in [1.29, 1.82) is 0 Å². The lowest BCUT2D eigenvalue weighted by Gasteiger charge is -2.16. The third kappa shape index (κ3) is 2.88. The predicted molar refractivity (Wildman–Crippen MR) is 71.8 cm³/mol. The van der Waals surface area contributed by atoms with Crippen LogP contribution < -0.4 is 10.6 Å². The van der Waals surface area contributed by atoms with Crippen molar-refractivity contribution in [2.75, 3.05) is 5.75 Å². The summed E-state index contributed by atoms with van der Waals surface area (Å²) >= 11 is 7.15. The molecule has 2 aliphatic heterocycles. The highest BCUT2D eigenvalue weighted by Crippen LogP contribution is 2.33. The second-order valence-electron chi connectivity index (χ2n) is 4.57. The third-order valence-corrected chi connectivity index (χ3v) is 4.95. The Bertz CT molecular complexity index is 296. The Morgan fingerprint density at radius 3 is 3.06 bits per heavy atom. The van der Waals surface area contributed by atoms with Crippen molar-refractivity contribution in [3.8, 4) is 0 Å². The zero-order chi connectivity index (χ0) is 11.5. The molecule has 0 spiro atoms. The molecule has 2 fully saturated rings. The summed E-state index contributed by atoms with van der Waals surface area (Å²) in [6.07, 6.45) is 4.10. The van der Waals surface area contributed by atoms with Crippen molar-refractivity contribution in [3.05, 3.63) is 0 Å². The van der Waals surface area contributed by atoms with Gasteiger partial charge in [0.2, 0.25) is 0 Å². The van der Waals surface area contributed by atoms with E-state index in [2.05, 4.69) is 10.6 Å². The number of fused-ring (bicyclic) bond motifs is 1. The minimum Gasteiger partial charge on any atom is -0.357 e. The number of carbonyl (C=O) groups excluding carboxylic acids is 1. The Morgan fingerprint density at radius 2 is 2.31 bits per heavy atom. The first-order valence-corrected chi connectivity index (χ1v) is 7.30. The lowest BCUT2D eigenvalue weighted by atomic mass is 10.0. The van der Waals surface area contributed by atoms with Crippen molar-refractivity contribution < 1.29 is 4.79 Å². The van der Waals surface area contributed by atoms with Gasteiger partial charge in [0, 0.05) is 17.4 Å². The van der Waals surface area contributed by atoms with Gasteiger partial charge in [0.25, 0.3) is 0 Å². The molecule has 5 heteroatoms. The maximum atomic E-state index is 10.8. The zero-order valence-corrected chi connectivity index (χ0v) is 11.1. The van der Waals surface area contributed by atoms with Crippen LogP contribution in [0.1, 0.15) is 32.6 Å². The van der Waals surface area contributed by atoms with Gasteiger partial charge in [-0.15, -0.1) is 0 Å². The molecule has 3 nitrogen and oxygen atoms in total. The SMILES string of the molecule is CC(=O)CCCC[C@@H]1SC[C@@H]2NC(=S)N[C@@H]21. The molecule has 0 bridgehead atoms. The Morgan fingerprint density at radius 1 is 1.50 bits per heavy atom. The topological polar surface area (TPSA) is 41.1 Å². The van der Waals surface area contributed by atoms with E-state index in [1.165, 1.54) is 6.42 Å². The van der Waals surface area contributed by atoms with Gasteiger partial charge in [-0.1, -0.05) is 6.42 Å². The number of nitrogens with one attached hydrogen (secondary N) is 2. The van der Waals surface area contributed by atoms with E-state index in [1.54, 1.807) is 6.92 Å². The highest BCUT2D eigenvalue weighted by Gasteiger charge is 2.41. The number of thiocarbonyl (C=S) groups is 1. The molecule has 90 valence electrons. The predicted octanol–water partition coefficient (Wildman–Crippen LogP) is 1.47. The molecular weight excluding hydrogens is 240 g/mol. The minimum atomic E-state index is 0.304. The first kappa shape index (κ1) is 12.2. The molecule has 0 amide bonds. The molecule has 0 unspecified atom stereocenters. The van der Waals surface area contributed by atoms with E-state index in [0.29, 0.717) is 23.1 Å². The Kier molecular flexibility index (Phi) is 4.08. The van der Waals surface area contributed by atoms with Gasteiger partial charge in [-0.3, -0.25) is 0 Å². The molecule has 2 rings (SSSR count). The van der Waals surface area contributed by atoms with Crippen molar-refractivity contribution in [2.45, 2.75) is 49.9 Å². The monoisotopic (exact) mass is 258 g/mol. The van der Waals surface area contributed by atoms with E-state index in [-0.39, 0.29) is 0 Å². The Balaban J connectivity index is 1.70. The summed E-state index contributed by atoms with van der Waals surface area (Å²) in [5.41, 5.74) is 0. The number of hydrogen-bond acceptors (Lipinski definition) is 3. The molecule has 0 radical (unpaired) electrons. The van der Waals surface area contributed by atoms with Crippen molar-refractivity contribution in [1.82, 2.24) is 10.6 Å². The maximum Gasteiger partial charge on any atom is 0.166 e. The summed E-state index contributed by atoms with van der Waals surface area (Å²) in [7, 11) is 0. The first-order valence-electron chi connectivity index (χ1n) is 5.85.